The van der Waals surface area contributed by atoms with E-state index in [1.807, 2.05) is 38.1 Å². The van der Waals surface area contributed by atoms with E-state index in [0.717, 1.165) is 22.3 Å². The van der Waals surface area contributed by atoms with Gasteiger partial charge in [0.2, 0.25) is 0 Å². The van der Waals surface area contributed by atoms with Gasteiger partial charge in [-0.3, -0.25) is 4.79 Å². The van der Waals surface area contributed by atoms with Crippen molar-refractivity contribution in [3.05, 3.63) is 58.6 Å². The summed E-state index contributed by atoms with van der Waals surface area (Å²) in [6, 6.07) is 7.95. The Morgan fingerprint density at radius 3 is 2.72 bits per heavy atom. The number of ether oxygens (including phenoxy) is 2. The zero-order valence-electron chi connectivity index (χ0n) is 17.6. The Morgan fingerprint density at radius 1 is 1.31 bits per heavy atom. The molecule has 2 unspecified atom stereocenters. The molecule has 0 saturated carbocycles. The lowest BCUT2D eigenvalue weighted by atomic mass is 10.1. The zero-order chi connectivity index (χ0) is 21.1. The van der Waals surface area contributed by atoms with Gasteiger partial charge in [-0.2, -0.15) is 0 Å². The molecule has 0 radical (unpaired) electrons. The molecule has 0 fully saturated rings. The molecule has 156 valence electrons. The largest absolute Gasteiger partial charge is 0.496 e. The molecular weight excluding hydrogens is 370 g/mol. The van der Waals surface area contributed by atoms with Crippen LogP contribution < -0.4 is 10.6 Å². The van der Waals surface area contributed by atoms with Crippen LogP contribution in [-0.4, -0.2) is 49.2 Å². The first kappa shape index (κ1) is 21.0. The van der Waals surface area contributed by atoms with Crippen molar-refractivity contribution < 1.29 is 19.4 Å². The Labute approximate surface area is 171 Å². The van der Waals surface area contributed by atoms with Crippen LogP contribution in [0.1, 0.15) is 35.9 Å². The van der Waals surface area contributed by atoms with Crippen LogP contribution in [0.25, 0.3) is 10.9 Å². The topological polar surface area (TPSA) is 84.8 Å². The number of para-hydroxylation sites is 1. The standard InChI is InChI=1S/C22H29N3O4/c1-13-10-19(29-5)17(21(26)24-13)11-23-22(27)20-15(3)25(14(2)12-28-4)18-9-7-6-8-16(18)20/h6-10,14,21,24,26H,11-12H2,1-5H3,(H,23,27). The number of aliphatic hydroxyl groups is 1. The number of carbonyl (C=O) groups excluding carboxylic acids is 1. The molecule has 1 aliphatic heterocycles. The number of nitrogens with zero attached hydrogens (tertiary/aromatic N) is 1. The van der Waals surface area contributed by atoms with E-state index in [-0.39, 0.29) is 18.5 Å². The molecule has 7 heteroatoms. The quantitative estimate of drug-likeness (QED) is 0.667. The Hall–Kier alpha value is -2.77. The SMILES string of the molecule is COCC(C)n1c(C)c(C(=O)NCC2=C(OC)C=C(C)NC2O)c2ccccc21. The summed E-state index contributed by atoms with van der Waals surface area (Å²) in [6.07, 6.45) is 0.900. The van der Waals surface area contributed by atoms with E-state index in [0.29, 0.717) is 23.5 Å². The minimum absolute atomic E-state index is 0.0896. The molecular formula is C22H29N3O4. The fourth-order valence-electron chi connectivity index (χ4n) is 3.97. The van der Waals surface area contributed by atoms with Crippen LogP contribution in [0.3, 0.4) is 0 Å². The maximum atomic E-state index is 13.1. The minimum atomic E-state index is -0.903. The Balaban J connectivity index is 1.93. The van der Waals surface area contributed by atoms with Crippen LogP contribution >= 0.6 is 0 Å². The second kappa shape index (κ2) is 8.71. The van der Waals surface area contributed by atoms with Gasteiger partial charge < -0.3 is 29.8 Å². The van der Waals surface area contributed by atoms with Crippen molar-refractivity contribution in [2.24, 2.45) is 0 Å². The molecule has 29 heavy (non-hydrogen) atoms. The lowest BCUT2D eigenvalue weighted by Gasteiger charge is -2.25. The summed E-state index contributed by atoms with van der Waals surface area (Å²) in [5, 5.41) is 17.1. The summed E-state index contributed by atoms with van der Waals surface area (Å²) < 4.78 is 12.8. The molecule has 1 aromatic carbocycles. The van der Waals surface area contributed by atoms with E-state index in [4.69, 9.17) is 9.47 Å². The van der Waals surface area contributed by atoms with E-state index < -0.39 is 6.23 Å². The van der Waals surface area contributed by atoms with Crippen LogP contribution in [0.5, 0.6) is 0 Å². The molecule has 3 rings (SSSR count). The van der Waals surface area contributed by atoms with Gasteiger partial charge in [0.25, 0.3) is 5.91 Å². The third-order valence-corrected chi connectivity index (χ3v) is 5.25. The molecule has 1 aliphatic rings. The number of allylic oxidation sites excluding steroid dienone is 2. The third kappa shape index (κ3) is 4.02. The number of nitrogens with one attached hydrogen (secondary N) is 2. The van der Waals surface area contributed by atoms with Gasteiger partial charge in [-0.25, -0.2) is 0 Å². The van der Waals surface area contributed by atoms with Gasteiger partial charge in [-0.05, 0) is 32.9 Å². The summed E-state index contributed by atoms with van der Waals surface area (Å²) in [6.45, 7) is 6.58. The first-order valence-electron chi connectivity index (χ1n) is 9.65. The number of dihydropyridines is 1. The Morgan fingerprint density at radius 2 is 2.03 bits per heavy atom. The van der Waals surface area contributed by atoms with Crippen LogP contribution in [0.4, 0.5) is 0 Å². The van der Waals surface area contributed by atoms with Crippen molar-refractivity contribution in [1.82, 2.24) is 15.2 Å². The molecule has 2 heterocycles. The summed E-state index contributed by atoms with van der Waals surface area (Å²) >= 11 is 0. The summed E-state index contributed by atoms with van der Waals surface area (Å²) in [5.41, 5.74) is 3.89. The summed E-state index contributed by atoms with van der Waals surface area (Å²) in [5.74, 6) is 0.366. The molecule has 3 N–H and O–H groups in total. The number of carbonyl (C=O) groups is 1. The molecule has 0 bridgehead atoms. The van der Waals surface area contributed by atoms with Crippen LogP contribution in [0.2, 0.25) is 0 Å². The molecule has 2 atom stereocenters. The van der Waals surface area contributed by atoms with E-state index in [1.54, 1.807) is 20.3 Å². The summed E-state index contributed by atoms with van der Waals surface area (Å²) in [4.78, 5) is 13.1. The maximum Gasteiger partial charge on any atom is 0.253 e. The lowest BCUT2D eigenvalue weighted by Crippen LogP contribution is -2.39. The van der Waals surface area contributed by atoms with Crippen molar-refractivity contribution in [3.8, 4) is 0 Å². The average molecular weight is 399 g/mol. The average Bonchev–Trinajstić information content (AvgIpc) is 2.98. The van der Waals surface area contributed by atoms with Gasteiger partial charge in [-0.1, -0.05) is 18.2 Å². The Kier molecular flexibility index (Phi) is 6.30. The number of rotatable bonds is 7. The van der Waals surface area contributed by atoms with Crippen LogP contribution in [-0.2, 0) is 9.47 Å². The molecule has 0 aliphatic carbocycles. The summed E-state index contributed by atoms with van der Waals surface area (Å²) in [7, 11) is 3.22. The van der Waals surface area contributed by atoms with Gasteiger partial charge in [0.15, 0.2) is 6.23 Å². The zero-order valence-corrected chi connectivity index (χ0v) is 17.6. The highest BCUT2D eigenvalue weighted by Crippen LogP contribution is 2.29. The maximum absolute atomic E-state index is 13.1. The normalized spacial score (nSPS) is 17.7. The van der Waals surface area contributed by atoms with Crippen molar-refractivity contribution in [2.75, 3.05) is 27.4 Å². The fraction of sp³-hybridized carbons (Fsp3) is 0.409. The van der Waals surface area contributed by atoms with Crippen LogP contribution in [0.15, 0.2) is 47.4 Å². The second-order valence-corrected chi connectivity index (χ2v) is 7.30. The minimum Gasteiger partial charge on any atom is -0.496 e. The Bertz CT molecular complexity index is 974. The first-order valence-corrected chi connectivity index (χ1v) is 9.65. The molecule has 0 spiro atoms. The van der Waals surface area contributed by atoms with Crippen molar-refractivity contribution in [2.45, 2.75) is 33.0 Å². The van der Waals surface area contributed by atoms with Gasteiger partial charge in [0.05, 0.1) is 25.3 Å². The van der Waals surface area contributed by atoms with E-state index in [2.05, 4.69) is 22.1 Å². The van der Waals surface area contributed by atoms with Crippen molar-refractivity contribution >= 4 is 16.8 Å². The fourth-order valence-corrected chi connectivity index (χ4v) is 3.97. The number of methoxy groups -OCH3 is 2. The number of fused-ring (bicyclic) bond motifs is 1. The highest BCUT2D eigenvalue weighted by atomic mass is 16.5. The van der Waals surface area contributed by atoms with Gasteiger partial charge in [-0.15, -0.1) is 0 Å². The molecule has 0 saturated heterocycles. The van der Waals surface area contributed by atoms with E-state index in [9.17, 15) is 9.90 Å². The smallest absolute Gasteiger partial charge is 0.253 e. The molecule has 7 nitrogen and oxygen atoms in total. The van der Waals surface area contributed by atoms with Crippen LogP contribution in [0, 0.1) is 6.92 Å². The highest BCUT2D eigenvalue weighted by Gasteiger charge is 2.25. The molecule has 1 amide bonds. The number of amides is 1. The molecule has 1 aromatic heterocycles. The predicted octanol–water partition coefficient (Wildman–Crippen LogP) is 2.61. The number of aliphatic hydroxyl groups excluding tert-OH is 1. The van der Waals surface area contributed by atoms with E-state index in [1.165, 1.54) is 0 Å². The first-order chi connectivity index (χ1) is 13.9. The van der Waals surface area contributed by atoms with Crippen molar-refractivity contribution in [1.29, 1.82) is 0 Å². The number of hydrogen-bond donors (Lipinski definition) is 3. The van der Waals surface area contributed by atoms with Gasteiger partial charge in [0.1, 0.15) is 5.76 Å². The highest BCUT2D eigenvalue weighted by molar-refractivity contribution is 6.08. The van der Waals surface area contributed by atoms with Crippen molar-refractivity contribution in [3.63, 3.8) is 0 Å². The predicted molar refractivity (Wildman–Crippen MR) is 113 cm³/mol. The number of benzene rings is 1. The van der Waals surface area contributed by atoms with Gasteiger partial charge in [0, 0.05) is 41.5 Å². The number of aromatic nitrogens is 1. The van der Waals surface area contributed by atoms with Gasteiger partial charge >= 0.3 is 0 Å². The molecule has 2 aromatic rings. The second-order valence-electron chi connectivity index (χ2n) is 7.30. The monoisotopic (exact) mass is 399 g/mol. The number of hydrogen-bond acceptors (Lipinski definition) is 5. The van der Waals surface area contributed by atoms with E-state index >= 15 is 0 Å². The third-order valence-electron chi connectivity index (χ3n) is 5.25. The lowest BCUT2D eigenvalue weighted by molar-refractivity contribution is 0.0951.